The van der Waals surface area contributed by atoms with Crippen LogP contribution in [0.2, 0.25) is 0 Å². The predicted octanol–water partition coefficient (Wildman–Crippen LogP) is 1.98. The van der Waals surface area contributed by atoms with E-state index in [4.69, 9.17) is 5.73 Å². The van der Waals surface area contributed by atoms with Crippen LogP contribution in [0.5, 0.6) is 0 Å². The first-order valence-corrected chi connectivity index (χ1v) is 6.79. The van der Waals surface area contributed by atoms with E-state index in [2.05, 4.69) is 0 Å². The van der Waals surface area contributed by atoms with E-state index in [1.54, 1.807) is 7.05 Å². The molecule has 0 saturated heterocycles. The molecule has 1 atom stereocenters. The Balaban J connectivity index is 2.81. The van der Waals surface area contributed by atoms with E-state index in [1.807, 2.05) is 51.1 Å². The van der Waals surface area contributed by atoms with Gasteiger partial charge in [0.25, 0.3) is 0 Å². The quantitative estimate of drug-likeness (QED) is 0.893. The van der Waals surface area contributed by atoms with Crippen LogP contribution in [-0.2, 0) is 16.0 Å². The lowest BCUT2D eigenvalue weighted by Gasteiger charge is -2.28. The molecular formula is C16H24N2O2. The molecule has 0 saturated carbocycles. The second kappa shape index (κ2) is 6.55. The highest BCUT2D eigenvalue weighted by atomic mass is 16.2. The molecule has 0 fully saturated rings. The van der Waals surface area contributed by atoms with Crippen molar-refractivity contribution in [1.29, 1.82) is 0 Å². The fourth-order valence-electron chi connectivity index (χ4n) is 2.02. The Morgan fingerprint density at radius 2 is 1.75 bits per heavy atom. The number of carbonyl (C=O) groups is 2. The molecule has 2 N–H and O–H groups in total. The van der Waals surface area contributed by atoms with Crippen molar-refractivity contribution < 1.29 is 9.59 Å². The van der Waals surface area contributed by atoms with Crippen LogP contribution in [0, 0.1) is 5.41 Å². The van der Waals surface area contributed by atoms with Crippen molar-refractivity contribution in [3.8, 4) is 0 Å². The molecule has 4 nitrogen and oxygen atoms in total. The zero-order valence-corrected chi connectivity index (χ0v) is 12.7. The maximum Gasteiger partial charge on any atom is 0.240 e. The van der Waals surface area contributed by atoms with Crippen molar-refractivity contribution in [2.75, 3.05) is 7.05 Å². The maximum atomic E-state index is 12.2. The molecule has 1 rings (SSSR count). The van der Waals surface area contributed by atoms with E-state index in [0.29, 0.717) is 12.8 Å². The number of rotatable bonds is 5. The van der Waals surface area contributed by atoms with Crippen molar-refractivity contribution >= 4 is 11.8 Å². The molecule has 0 aliphatic rings. The molecule has 20 heavy (non-hydrogen) atoms. The highest BCUT2D eigenvalue weighted by Gasteiger charge is 2.27. The molecule has 0 heterocycles. The van der Waals surface area contributed by atoms with E-state index in [9.17, 15) is 9.59 Å². The molecule has 0 aromatic heterocycles. The smallest absolute Gasteiger partial charge is 0.240 e. The number of amides is 2. The first-order valence-electron chi connectivity index (χ1n) is 6.79. The van der Waals surface area contributed by atoms with Gasteiger partial charge in [0.2, 0.25) is 11.8 Å². The van der Waals surface area contributed by atoms with Gasteiger partial charge >= 0.3 is 0 Å². The van der Waals surface area contributed by atoms with Crippen molar-refractivity contribution in [3.05, 3.63) is 35.9 Å². The van der Waals surface area contributed by atoms with Crippen molar-refractivity contribution in [1.82, 2.24) is 4.90 Å². The monoisotopic (exact) mass is 276 g/mol. The summed E-state index contributed by atoms with van der Waals surface area (Å²) in [4.78, 5) is 25.3. The second-order valence-corrected chi connectivity index (χ2v) is 6.35. The molecule has 4 heteroatoms. The van der Waals surface area contributed by atoms with Crippen LogP contribution in [0.1, 0.15) is 32.8 Å². The van der Waals surface area contributed by atoms with Gasteiger partial charge in [-0.3, -0.25) is 9.59 Å². The Labute approximate surface area is 121 Å². The Hall–Kier alpha value is -1.84. The lowest BCUT2D eigenvalue weighted by Crippen LogP contribution is -2.47. The zero-order valence-electron chi connectivity index (χ0n) is 12.7. The zero-order chi connectivity index (χ0) is 15.3. The van der Waals surface area contributed by atoms with Crippen LogP contribution in [0.15, 0.2) is 30.3 Å². The second-order valence-electron chi connectivity index (χ2n) is 6.35. The molecule has 0 aliphatic heterocycles. The Morgan fingerprint density at radius 1 is 1.20 bits per heavy atom. The summed E-state index contributed by atoms with van der Waals surface area (Å²) in [7, 11) is 1.65. The van der Waals surface area contributed by atoms with Crippen LogP contribution < -0.4 is 5.73 Å². The summed E-state index contributed by atoms with van der Waals surface area (Å²) in [5.74, 6) is -0.532. The molecule has 1 aromatic carbocycles. The lowest BCUT2D eigenvalue weighted by atomic mass is 9.91. The minimum Gasteiger partial charge on any atom is -0.368 e. The number of carbonyl (C=O) groups excluding carboxylic acids is 2. The number of nitrogens with zero attached hydrogens (tertiary/aromatic N) is 1. The third-order valence-electron chi connectivity index (χ3n) is 3.14. The van der Waals surface area contributed by atoms with Gasteiger partial charge in [0, 0.05) is 19.9 Å². The number of hydrogen-bond donors (Lipinski definition) is 1. The predicted molar refractivity (Wildman–Crippen MR) is 80.0 cm³/mol. The SMILES string of the molecule is CN(C(=O)CC(C)(C)C)C(Cc1ccccc1)C(N)=O. The average Bonchev–Trinajstić information content (AvgIpc) is 2.34. The molecule has 2 amide bonds. The Morgan fingerprint density at radius 3 is 2.20 bits per heavy atom. The molecule has 0 bridgehead atoms. The number of primary amides is 1. The number of nitrogens with two attached hydrogens (primary N) is 1. The van der Waals surface area contributed by atoms with Gasteiger partial charge in [0.15, 0.2) is 0 Å². The molecule has 0 aliphatic carbocycles. The van der Waals surface area contributed by atoms with Crippen molar-refractivity contribution in [3.63, 3.8) is 0 Å². The number of benzene rings is 1. The topological polar surface area (TPSA) is 63.4 Å². The van der Waals surface area contributed by atoms with Gasteiger partial charge in [-0.2, -0.15) is 0 Å². The van der Waals surface area contributed by atoms with Gasteiger partial charge in [0.05, 0.1) is 0 Å². The van der Waals surface area contributed by atoms with Crippen LogP contribution in [0.25, 0.3) is 0 Å². The fraction of sp³-hybridized carbons (Fsp3) is 0.500. The average molecular weight is 276 g/mol. The summed E-state index contributed by atoms with van der Waals surface area (Å²) in [5.41, 5.74) is 6.34. The lowest BCUT2D eigenvalue weighted by molar-refractivity contribution is -0.139. The van der Waals surface area contributed by atoms with Gasteiger partial charge in [0.1, 0.15) is 6.04 Å². The summed E-state index contributed by atoms with van der Waals surface area (Å²) in [6.45, 7) is 5.99. The Bertz CT molecular complexity index is 463. The van der Waals surface area contributed by atoms with E-state index in [1.165, 1.54) is 4.90 Å². The summed E-state index contributed by atoms with van der Waals surface area (Å²) in [6, 6.07) is 8.98. The highest BCUT2D eigenvalue weighted by molar-refractivity contribution is 5.86. The third-order valence-corrected chi connectivity index (χ3v) is 3.14. The van der Waals surface area contributed by atoms with Crippen molar-refractivity contribution in [2.24, 2.45) is 11.1 Å². The third kappa shape index (κ3) is 5.03. The molecule has 0 spiro atoms. The first-order chi connectivity index (χ1) is 9.20. The molecule has 0 radical (unpaired) electrons. The number of hydrogen-bond acceptors (Lipinski definition) is 2. The van der Waals surface area contributed by atoms with Crippen LogP contribution in [0.3, 0.4) is 0 Å². The summed E-state index contributed by atoms with van der Waals surface area (Å²) in [5, 5.41) is 0. The summed E-state index contributed by atoms with van der Waals surface area (Å²) in [6.07, 6.45) is 0.838. The Kier molecular flexibility index (Phi) is 5.31. The van der Waals surface area contributed by atoms with Crippen LogP contribution >= 0.6 is 0 Å². The van der Waals surface area contributed by atoms with Crippen LogP contribution in [-0.4, -0.2) is 29.8 Å². The molecule has 110 valence electrons. The highest BCUT2D eigenvalue weighted by Crippen LogP contribution is 2.20. The standard InChI is InChI=1S/C16H24N2O2/c1-16(2,3)11-14(19)18(4)13(15(17)20)10-12-8-6-5-7-9-12/h5-9,13H,10-11H2,1-4H3,(H2,17,20). The number of likely N-dealkylation sites (N-methyl/N-ethyl adjacent to an activating group) is 1. The van der Waals surface area contributed by atoms with Gasteiger partial charge in [-0.15, -0.1) is 0 Å². The molecule has 1 aromatic rings. The minimum atomic E-state index is -0.604. The van der Waals surface area contributed by atoms with E-state index in [-0.39, 0.29) is 11.3 Å². The largest absolute Gasteiger partial charge is 0.368 e. The fourth-order valence-corrected chi connectivity index (χ4v) is 2.02. The van der Waals surface area contributed by atoms with Crippen LogP contribution in [0.4, 0.5) is 0 Å². The van der Waals surface area contributed by atoms with Gasteiger partial charge < -0.3 is 10.6 Å². The first kappa shape index (κ1) is 16.2. The minimum absolute atomic E-state index is 0.0581. The van der Waals surface area contributed by atoms with E-state index >= 15 is 0 Å². The molecular weight excluding hydrogens is 252 g/mol. The van der Waals surface area contributed by atoms with Gasteiger partial charge in [-0.25, -0.2) is 0 Å². The normalized spacial score (nSPS) is 12.8. The molecule has 1 unspecified atom stereocenters. The van der Waals surface area contributed by atoms with Gasteiger partial charge in [-0.1, -0.05) is 51.1 Å². The summed E-state index contributed by atoms with van der Waals surface area (Å²) >= 11 is 0. The van der Waals surface area contributed by atoms with E-state index in [0.717, 1.165) is 5.56 Å². The summed E-state index contributed by atoms with van der Waals surface area (Å²) < 4.78 is 0. The van der Waals surface area contributed by atoms with E-state index < -0.39 is 11.9 Å². The van der Waals surface area contributed by atoms with Crippen molar-refractivity contribution in [2.45, 2.75) is 39.7 Å². The van der Waals surface area contributed by atoms with Gasteiger partial charge in [-0.05, 0) is 11.0 Å². The maximum absolute atomic E-state index is 12.2.